The summed E-state index contributed by atoms with van der Waals surface area (Å²) >= 11 is 0. The van der Waals surface area contributed by atoms with E-state index in [1.54, 1.807) is 0 Å². The molecule has 0 heterocycles. The van der Waals surface area contributed by atoms with E-state index in [9.17, 15) is 0 Å². The standard InChI is InChI=1S/Al.K.Na.Ti.5H/q;2*+1;;;;;2*-1. The molecule has 0 aromatic carbocycles. The Morgan fingerprint density at radius 3 is 1.25 bits per heavy atom. The van der Waals surface area contributed by atoms with Crippen molar-refractivity contribution < 1.29 is 106 Å². The Morgan fingerprint density at radius 2 is 1.25 bits per heavy atom. The first-order valence-corrected chi connectivity index (χ1v) is 0. The van der Waals surface area contributed by atoms with Crippen LogP contribution in [0.25, 0.3) is 0 Å². The predicted octanol–water partition coefficient (Wildman–Crippen LogP) is -6.95. The van der Waals surface area contributed by atoms with E-state index in [1.165, 1.54) is 0 Å². The van der Waals surface area contributed by atoms with Gasteiger partial charge < -0.3 is 2.85 Å². The molecule has 0 atom stereocenters. The maximum atomic E-state index is 0. The molecule has 14 valence electrons. The maximum absolute atomic E-state index is 0. The van der Waals surface area contributed by atoms with E-state index in [-0.39, 0.29) is 123 Å². The van der Waals surface area contributed by atoms with Gasteiger partial charge in [0.15, 0.2) is 17.4 Å². The van der Waals surface area contributed by atoms with Crippen molar-refractivity contribution >= 4 is 17.4 Å². The second kappa shape index (κ2) is 15.8. The SMILES string of the molecule is [AlH3].[H-].[H-].[K+].[Na+].[Ti]. The summed E-state index contributed by atoms with van der Waals surface area (Å²) in [5, 5.41) is 0. The van der Waals surface area contributed by atoms with E-state index < -0.39 is 0 Å². The summed E-state index contributed by atoms with van der Waals surface area (Å²) in [6.45, 7) is 0. The normalized spacial score (nSPS) is 0. The molecule has 0 nitrogen and oxygen atoms in total. The van der Waals surface area contributed by atoms with Crippen LogP contribution in [0.3, 0.4) is 0 Å². The van der Waals surface area contributed by atoms with Crippen LogP contribution < -0.4 is 80.9 Å². The maximum Gasteiger partial charge on any atom is 1.00 e. The third-order valence-electron chi connectivity index (χ3n) is 0. The van der Waals surface area contributed by atoms with E-state index in [0.717, 1.165) is 0 Å². The minimum absolute atomic E-state index is 0. The van der Waals surface area contributed by atoms with Crippen molar-refractivity contribution in [2.45, 2.75) is 0 Å². The van der Waals surface area contributed by atoms with Gasteiger partial charge in [0, 0.05) is 21.7 Å². The molecule has 0 aliphatic carbocycles. The molecule has 0 aliphatic heterocycles. The average molecular weight is 142 g/mol. The second-order valence-electron chi connectivity index (χ2n) is 0. The van der Waals surface area contributed by atoms with Crippen molar-refractivity contribution in [3.05, 3.63) is 0 Å². The van der Waals surface area contributed by atoms with Crippen LogP contribution in [0.2, 0.25) is 0 Å². The summed E-state index contributed by atoms with van der Waals surface area (Å²) in [6, 6.07) is 0. The molecule has 0 saturated heterocycles. The van der Waals surface area contributed by atoms with Crippen LogP contribution in [0.4, 0.5) is 0 Å². The molecule has 0 rings (SSSR count). The van der Waals surface area contributed by atoms with Crippen LogP contribution in [0.15, 0.2) is 0 Å². The summed E-state index contributed by atoms with van der Waals surface area (Å²) in [5.74, 6) is 0. The van der Waals surface area contributed by atoms with Gasteiger partial charge >= 0.3 is 80.9 Å². The van der Waals surface area contributed by atoms with Crippen molar-refractivity contribution in [2.24, 2.45) is 0 Å². The number of rotatable bonds is 0. The third-order valence-corrected chi connectivity index (χ3v) is 0. The smallest absolute Gasteiger partial charge is 1.00 e. The van der Waals surface area contributed by atoms with E-state index in [4.69, 9.17) is 0 Å². The number of hydrogen-bond donors (Lipinski definition) is 0. The van der Waals surface area contributed by atoms with Gasteiger partial charge in [-0.05, 0) is 0 Å². The van der Waals surface area contributed by atoms with E-state index in [2.05, 4.69) is 0 Å². The molecule has 0 unspecified atom stereocenters. The minimum Gasteiger partial charge on any atom is -1.00 e. The van der Waals surface area contributed by atoms with Crippen LogP contribution in [-0.2, 0) is 21.7 Å². The van der Waals surface area contributed by atoms with Gasteiger partial charge in [0.25, 0.3) is 0 Å². The molecule has 0 fully saturated rings. The third kappa shape index (κ3) is 9.30. The van der Waals surface area contributed by atoms with Gasteiger partial charge in [0.2, 0.25) is 0 Å². The van der Waals surface area contributed by atoms with Crippen LogP contribution >= 0.6 is 0 Å². The zero-order valence-electron chi connectivity index (χ0n) is 4.50. The zero-order chi connectivity index (χ0) is 0. The predicted molar refractivity (Wildman–Crippen MR) is 12.2 cm³/mol. The minimum atomic E-state index is 0. The van der Waals surface area contributed by atoms with Gasteiger partial charge in [0.1, 0.15) is 0 Å². The van der Waals surface area contributed by atoms with Crippen LogP contribution in [0, 0.1) is 0 Å². The van der Waals surface area contributed by atoms with Crippen molar-refractivity contribution in [3.8, 4) is 0 Å². The Hall–Kier alpha value is 3.88. The van der Waals surface area contributed by atoms with Crippen LogP contribution in [-0.4, -0.2) is 17.4 Å². The molecule has 0 aromatic heterocycles. The monoisotopic (exact) mass is 142 g/mol. The molecule has 0 spiro atoms. The van der Waals surface area contributed by atoms with E-state index in [0.29, 0.717) is 0 Å². The molecular formula is H5AlKNaTi. The van der Waals surface area contributed by atoms with Crippen molar-refractivity contribution in [1.82, 2.24) is 0 Å². The Bertz CT molecular complexity index is 13.5. The molecule has 0 saturated carbocycles. The molecule has 0 aliphatic rings. The quantitative estimate of drug-likeness (QED) is 0.295. The van der Waals surface area contributed by atoms with Crippen molar-refractivity contribution in [2.75, 3.05) is 0 Å². The van der Waals surface area contributed by atoms with Crippen LogP contribution in [0.5, 0.6) is 0 Å². The first-order chi connectivity index (χ1) is 0. The van der Waals surface area contributed by atoms with Gasteiger partial charge in [-0.15, -0.1) is 0 Å². The van der Waals surface area contributed by atoms with Crippen LogP contribution in [0.1, 0.15) is 2.85 Å². The first kappa shape index (κ1) is 24.8. The van der Waals surface area contributed by atoms with Gasteiger partial charge in [-0.3, -0.25) is 0 Å². The van der Waals surface area contributed by atoms with Gasteiger partial charge in [-0.1, -0.05) is 0 Å². The summed E-state index contributed by atoms with van der Waals surface area (Å²) in [7, 11) is 0. The fourth-order valence-corrected chi connectivity index (χ4v) is 0. The fraction of sp³-hybridized carbons (Fsp3) is 0. The zero-order valence-corrected chi connectivity index (χ0v) is 9.18. The number of hydrogen-bond acceptors (Lipinski definition) is 0. The Balaban J connectivity index is 0. The first-order valence-electron chi connectivity index (χ1n) is 0. The second-order valence-corrected chi connectivity index (χ2v) is 0. The molecule has 4 heavy (non-hydrogen) atoms. The molecule has 0 radical (unpaired) electrons. The molecule has 0 bridgehead atoms. The van der Waals surface area contributed by atoms with Crippen molar-refractivity contribution in [1.29, 1.82) is 0 Å². The molecule has 0 N–H and O–H groups in total. The Morgan fingerprint density at radius 1 is 1.25 bits per heavy atom. The van der Waals surface area contributed by atoms with Gasteiger partial charge in [-0.2, -0.15) is 0 Å². The van der Waals surface area contributed by atoms with Crippen molar-refractivity contribution in [3.63, 3.8) is 0 Å². The topological polar surface area (TPSA) is 0 Å². The largest absolute Gasteiger partial charge is 1.00 e. The summed E-state index contributed by atoms with van der Waals surface area (Å²) in [5.41, 5.74) is 0. The summed E-state index contributed by atoms with van der Waals surface area (Å²) in [4.78, 5) is 0. The molecule has 4 heteroatoms. The van der Waals surface area contributed by atoms with E-state index in [1.807, 2.05) is 0 Å². The van der Waals surface area contributed by atoms with E-state index >= 15 is 0 Å². The Kier molecular flexibility index (Phi) is 97.8. The summed E-state index contributed by atoms with van der Waals surface area (Å²) < 4.78 is 0. The summed E-state index contributed by atoms with van der Waals surface area (Å²) in [6.07, 6.45) is 0. The van der Waals surface area contributed by atoms with Gasteiger partial charge in [0.05, 0.1) is 0 Å². The molecule has 0 aromatic rings. The fourth-order valence-electron chi connectivity index (χ4n) is 0. The molecular weight excluding hydrogens is 137 g/mol. The van der Waals surface area contributed by atoms with Gasteiger partial charge in [-0.25, -0.2) is 0 Å². The Labute approximate surface area is 120 Å². The molecule has 0 amide bonds. The average Bonchev–Trinajstić information content (AvgIpc) is 0.